The van der Waals surface area contributed by atoms with Gasteiger partial charge in [-0.05, 0) is 24.9 Å². The van der Waals surface area contributed by atoms with Crippen molar-refractivity contribution in [2.75, 3.05) is 20.1 Å². The molecular weight excluding hydrogens is 255 g/mol. The normalized spacial score (nSPS) is 20.8. The van der Waals surface area contributed by atoms with Gasteiger partial charge < -0.3 is 10.2 Å². The molecule has 1 fully saturated rings. The second-order valence-corrected chi connectivity index (χ2v) is 5.87. The van der Waals surface area contributed by atoms with Crippen LogP contribution < -0.4 is 5.32 Å². The molecule has 0 saturated carbocycles. The van der Waals surface area contributed by atoms with Crippen LogP contribution >= 0.6 is 0 Å². The Morgan fingerprint density at radius 3 is 2.65 bits per heavy atom. The average Bonchev–Trinajstić information content (AvgIpc) is 2.78. The Balaban J connectivity index is 2.08. The topological polar surface area (TPSA) is 32.3 Å². The summed E-state index contributed by atoms with van der Waals surface area (Å²) >= 11 is 0. The fourth-order valence-corrected chi connectivity index (χ4v) is 2.75. The van der Waals surface area contributed by atoms with E-state index in [1.54, 1.807) is 19.2 Å². The van der Waals surface area contributed by atoms with Crippen molar-refractivity contribution in [3.8, 4) is 0 Å². The molecular formula is C16H23FN2O. The van der Waals surface area contributed by atoms with Gasteiger partial charge in [-0.15, -0.1) is 0 Å². The van der Waals surface area contributed by atoms with Gasteiger partial charge >= 0.3 is 0 Å². The standard InChI is InChI=1S/C16H23FN2O/c1-11(2)12-8-16(20)19(9-12)10-15(18-3)13-6-4-5-7-14(13)17/h4-7,11-12,15,18H,8-10H2,1-3H3. The zero-order chi connectivity index (χ0) is 14.7. The first-order valence-corrected chi connectivity index (χ1v) is 7.22. The minimum absolute atomic E-state index is 0.161. The number of benzene rings is 1. The summed E-state index contributed by atoms with van der Waals surface area (Å²) in [7, 11) is 1.80. The maximum Gasteiger partial charge on any atom is 0.222 e. The Kier molecular flexibility index (Phi) is 4.76. The number of carbonyl (C=O) groups excluding carboxylic acids is 1. The number of rotatable bonds is 5. The largest absolute Gasteiger partial charge is 0.340 e. The first kappa shape index (κ1) is 15.0. The molecule has 110 valence electrons. The zero-order valence-corrected chi connectivity index (χ0v) is 12.4. The molecule has 0 radical (unpaired) electrons. The molecule has 1 aromatic rings. The van der Waals surface area contributed by atoms with Gasteiger partial charge in [0.2, 0.25) is 5.91 Å². The summed E-state index contributed by atoms with van der Waals surface area (Å²) in [5.41, 5.74) is 0.621. The fraction of sp³-hybridized carbons (Fsp3) is 0.562. The van der Waals surface area contributed by atoms with Crippen LogP contribution in [0.3, 0.4) is 0 Å². The van der Waals surface area contributed by atoms with Crippen LogP contribution in [0.4, 0.5) is 4.39 Å². The van der Waals surface area contributed by atoms with Crippen LogP contribution in [0.1, 0.15) is 31.9 Å². The summed E-state index contributed by atoms with van der Waals surface area (Å²) in [5, 5.41) is 3.12. The SMILES string of the molecule is CNC(CN1CC(C(C)C)CC1=O)c1ccccc1F. The van der Waals surface area contributed by atoms with Crippen LogP contribution in [-0.4, -0.2) is 30.9 Å². The van der Waals surface area contributed by atoms with Crippen molar-refractivity contribution in [1.29, 1.82) is 0 Å². The number of halogens is 1. The van der Waals surface area contributed by atoms with Crippen molar-refractivity contribution in [3.05, 3.63) is 35.6 Å². The fourth-order valence-electron chi connectivity index (χ4n) is 2.75. The molecule has 1 heterocycles. The lowest BCUT2D eigenvalue weighted by atomic mass is 9.95. The van der Waals surface area contributed by atoms with Crippen molar-refractivity contribution < 1.29 is 9.18 Å². The van der Waals surface area contributed by atoms with Gasteiger partial charge in [-0.2, -0.15) is 0 Å². The maximum absolute atomic E-state index is 13.9. The predicted octanol–water partition coefficient (Wildman–Crippen LogP) is 2.59. The van der Waals surface area contributed by atoms with Crippen LogP contribution in [0.5, 0.6) is 0 Å². The third kappa shape index (κ3) is 3.18. The second kappa shape index (κ2) is 6.35. The summed E-state index contributed by atoms with van der Waals surface area (Å²) in [6.07, 6.45) is 0.616. The Morgan fingerprint density at radius 2 is 2.10 bits per heavy atom. The number of nitrogens with one attached hydrogen (secondary N) is 1. The quantitative estimate of drug-likeness (QED) is 0.898. The lowest BCUT2D eigenvalue weighted by molar-refractivity contribution is -0.128. The molecule has 1 aromatic carbocycles. The number of hydrogen-bond donors (Lipinski definition) is 1. The van der Waals surface area contributed by atoms with E-state index in [1.807, 2.05) is 11.0 Å². The van der Waals surface area contributed by atoms with E-state index >= 15 is 0 Å². The summed E-state index contributed by atoms with van der Waals surface area (Å²) in [4.78, 5) is 13.9. The highest BCUT2D eigenvalue weighted by atomic mass is 19.1. The zero-order valence-electron chi connectivity index (χ0n) is 12.4. The van der Waals surface area contributed by atoms with Gasteiger partial charge in [-0.25, -0.2) is 4.39 Å². The molecule has 20 heavy (non-hydrogen) atoms. The average molecular weight is 278 g/mol. The third-order valence-electron chi connectivity index (χ3n) is 4.22. The highest BCUT2D eigenvalue weighted by Crippen LogP contribution is 2.27. The molecule has 2 rings (SSSR count). The molecule has 0 spiro atoms. The first-order valence-electron chi connectivity index (χ1n) is 7.22. The number of likely N-dealkylation sites (N-methyl/N-ethyl adjacent to an activating group) is 1. The van der Waals surface area contributed by atoms with Gasteiger partial charge in [0.15, 0.2) is 0 Å². The highest BCUT2D eigenvalue weighted by Gasteiger charge is 2.32. The number of likely N-dealkylation sites (tertiary alicyclic amines) is 1. The van der Waals surface area contributed by atoms with Crippen LogP contribution in [0.15, 0.2) is 24.3 Å². The Morgan fingerprint density at radius 1 is 1.40 bits per heavy atom. The van der Waals surface area contributed by atoms with Crippen LogP contribution in [0.25, 0.3) is 0 Å². The van der Waals surface area contributed by atoms with Crippen molar-refractivity contribution >= 4 is 5.91 Å². The van der Waals surface area contributed by atoms with Crippen LogP contribution in [0.2, 0.25) is 0 Å². The summed E-state index contributed by atoms with van der Waals surface area (Å²) in [6.45, 7) is 5.60. The molecule has 1 saturated heterocycles. The summed E-state index contributed by atoms with van der Waals surface area (Å²) in [5.74, 6) is 0.880. The molecule has 0 aromatic heterocycles. The molecule has 1 N–H and O–H groups in total. The second-order valence-electron chi connectivity index (χ2n) is 5.87. The number of carbonyl (C=O) groups is 1. The number of hydrogen-bond acceptors (Lipinski definition) is 2. The molecule has 0 aliphatic carbocycles. The highest BCUT2D eigenvalue weighted by molar-refractivity contribution is 5.78. The Labute approximate surface area is 120 Å². The molecule has 2 atom stereocenters. The molecule has 1 amide bonds. The van der Waals surface area contributed by atoms with E-state index < -0.39 is 0 Å². The van der Waals surface area contributed by atoms with Crippen LogP contribution in [-0.2, 0) is 4.79 Å². The van der Waals surface area contributed by atoms with Gasteiger partial charge in [0.05, 0.1) is 6.04 Å². The molecule has 1 aliphatic rings. The van der Waals surface area contributed by atoms with E-state index in [0.717, 1.165) is 6.54 Å². The Hall–Kier alpha value is -1.42. The van der Waals surface area contributed by atoms with E-state index in [9.17, 15) is 9.18 Å². The van der Waals surface area contributed by atoms with Crippen LogP contribution in [0, 0.1) is 17.7 Å². The third-order valence-corrected chi connectivity index (χ3v) is 4.22. The number of amides is 1. The van der Waals surface area contributed by atoms with Crippen molar-refractivity contribution in [1.82, 2.24) is 10.2 Å². The van der Waals surface area contributed by atoms with Gasteiger partial charge in [0.25, 0.3) is 0 Å². The van der Waals surface area contributed by atoms with E-state index in [-0.39, 0.29) is 17.8 Å². The molecule has 1 aliphatic heterocycles. The predicted molar refractivity (Wildman–Crippen MR) is 77.7 cm³/mol. The summed E-state index contributed by atoms with van der Waals surface area (Å²) < 4.78 is 13.9. The Bertz CT molecular complexity index is 475. The van der Waals surface area contributed by atoms with E-state index in [0.29, 0.717) is 30.4 Å². The van der Waals surface area contributed by atoms with Crippen molar-refractivity contribution in [2.24, 2.45) is 11.8 Å². The smallest absolute Gasteiger partial charge is 0.222 e. The minimum Gasteiger partial charge on any atom is -0.340 e. The lowest BCUT2D eigenvalue weighted by Crippen LogP contribution is -2.35. The van der Waals surface area contributed by atoms with Gasteiger partial charge in [0, 0.05) is 25.1 Å². The molecule has 3 nitrogen and oxygen atoms in total. The first-order chi connectivity index (χ1) is 9.52. The van der Waals surface area contributed by atoms with Gasteiger partial charge in [-0.1, -0.05) is 32.0 Å². The van der Waals surface area contributed by atoms with Crippen molar-refractivity contribution in [3.63, 3.8) is 0 Å². The van der Waals surface area contributed by atoms with Gasteiger partial charge in [0.1, 0.15) is 5.82 Å². The summed E-state index contributed by atoms with van der Waals surface area (Å²) in [6, 6.07) is 6.58. The maximum atomic E-state index is 13.9. The lowest BCUT2D eigenvalue weighted by Gasteiger charge is -2.25. The van der Waals surface area contributed by atoms with Gasteiger partial charge in [-0.3, -0.25) is 4.79 Å². The minimum atomic E-state index is -0.223. The monoisotopic (exact) mass is 278 g/mol. The van der Waals surface area contributed by atoms with E-state index in [2.05, 4.69) is 19.2 Å². The van der Waals surface area contributed by atoms with E-state index in [4.69, 9.17) is 0 Å². The number of nitrogens with zero attached hydrogens (tertiary/aromatic N) is 1. The van der Waals surface area contributed by atoms with Crippen molar-refractivity contribution in [2.45, 2.75) is 26.3 Å². The van der Waals surface area contributed by atoms with E-state index in [1.165, 1.54) is 6.07 Å². The molecule has 2 unspecified atom stereocenters. The molecule has 0 bridgehead atoms. The molecule has 4 heteroatoms.